The fraction of sp³-hybridized carbons (Fsp3) is 0.632. The van der Waals surface area contributed by atoms with Crippen molar-refractivity contribution in [1.82, 2.24) is 10.2 Å². The minimum atomic E-state index is 0.380. The van der Waals surface area contributed by atoms with E-state index in [4.69, 9.17) is 4.74 Å². The molecule has 2 saturated heterocycles. The molecule has 4 heteroatoms. The van der Waals surface area contributed by atoms with Crippen LogP contribution in [0.1, 0.15) is 29.5 Å². The van der Waals surface area contributed by atoms with E-state index in [-0.39, 0.29) is 0 Å². The van der Waals surface area contributed by atoms with Crippen molar-refractivity contribution >= 4 is 5.96 Å². The third kappa shape index (κ3) is 3.69. The quantitative estimate of drug-likeness (QED) is 0.688. The number of guanidine groups is 1. The van der Waals surface area contributed by atoms with Crippen molar-refractivity contribution in [3.05, 3.63) is 34.9 Å². The zero-order chi connectivity index (χ0) is 16.3. The standard InChI is InChI=1S/C19H29N3O/c1-15-4-5-17(16(2)12-15)6-9-21-18(20-3)22-10-7-19(13-22)8-11-23-14-19/h4-5,12H,6-11,13-14H2,1-3H3,(H,20,21). The van der Waals surface area contributed by atoms with Crippen molar-refractivity contribution in [3.63, 3.8) is 0 Å². The van der Waals surface area contributed by atoms with E-state index in [9.17, 15) is 0 Å². The van der Waals surface area contributed by atoms with E-state index in [2.05, 4.69) is 47.3 Å². The van der Waals surface area contributed by atoms with Gasteiger partial charge in [0.05, 0.1) is 6.61 Å². The van der Waals surface area contributed by atoms with E-state index in [1.165, 1.54) is 29.5 Å². The van der Waals surface area contributed by atoms with E-state index >= 15 is 0 Å². The van der Waals surface area contributed by atoms with Gasteiger partial charge in [0.1, 0.15) is 0 Å². The zero-order valence-corrected chi connectivity index (χ0v) is 14.7. The Bertz CT molecular complexity index is 576. The maximum absolute atomic E-state index is 5.62. The maximum atomic E-state index is 5.62. The van der Waals surface area contributed by atoms with Crippen LogP contribution in [0.25, 0.3) is 0 Å². The van der Waals surface area contributed by atoms with Gasteiger partial charge in [-0.25, -0.2) is 0 Å². The van der Waals surface area contributed by atoms with Crippen molar-refractivity contribution in [2.75, 3.05) is 39.9 Å². The molecule has 0 bridgehead atoms. The van der Waals surface area contributed by atoms with Gasteiger partial charge in [0.25, 0.3) is 0 Å². The van der Waals surface area contributed by atoms with Crippen LogP contribution in [0.3, 0.4) is 0 Å². The number of hydrogen-bond acceptors (Lipinski definition) is 2. The summed E-state index contributed by atoms with van der Waals surface area (Å²) in [4.78, 5) is 6.88. The van der Waals surface area contributed by atoms with Crippen LogP contribution in [0, 0.1) is 19.3 Å². The van der Waals surface area contributed by atoms with Crippen molar-refractivity contribution in [2.45, 2.75) is 33.1 Å². The Morgan fingerprint density at radius 2 is 2.22 bits per heavy atom. The molecule has 1 spiro atoms. The minimum absolute atomic E-state index is 0.380. The molecule has 0 saturated carbocycles. The van der Waals surface area contributed by atoms with Gasteiger partial charge >= 0.3 is 0 Å². The number of aliphatic imine (C=N–C) groups is 1. The van der Waals surface area contributed by atoms with E-state index in [0.717, 1.165) is 45.2 Å². The smallest absolute Gasteiger partial charge is 0.193 e. The molecule has 2 aliphatic heterocycles. The number of nitrogens with zero attached hydrogens (tertiary/aromatic N) is 2. The Morgan fingerprint density at radius 1 is 1.35 bits per heavy atom. The first kappa shape index (κ1) is 16.3. The van der Waals surface area contributed by atoms with Crippen LogP contribution in [-0.2, 0) is 11.2 Å². The summed E-state index contributed by atoms with van der Waals surface area (Å²) >= 11 is 0. The molecular formula is C19H29N3O. The van der Waals surface area contributed by atoms with Crippen molar-refractivity contribution in [1.29, 1.82) is 0 Å². The molecule has 1 unspecified atom stereocenters. The predicted octanol–water partition coefficient (Wildman–Crippen LogP) is 2.53. The number of nitrogens with one attached hydrogen (secondary N) is 1. The Morgan fingerprint density at radius 3 is 2.91 bits per heavy atom. The Labute approximate surface area is 139 Å². The van der Waals surface area contributed by atoms with Crippen LogP contribution in [0.4, 0.5) is 0 Å². The average Bonchev–Trinajstić information content (AvgIpc) is 3.16. The molecule has 1 atom stereocenters. The summed E-state index contributed by atoms with van der Waals surface area (Å²) in [5.41, 5.74) is 4.51. The second-order valence-corrected chi connectivity index (χ2v) is 7.13. The summed E-state index contributed by atoms with van der Waals surface area (Å²) in [6.45, 7) is 9.28. The van der Waals surface area contributed by atoms with Gasteiger partial charge in [0.2, 0.25) is 0 Å². The summed E-state index contributed by atoms with van der Waals surface area (Å²) in [7, 11) is 1.88. The Hall–Kier alpha value is -1.55. The van der Waals surface area contributed by atoms with Gasteiger partial charge in [0.15, 0.2) is 5.96 Å². The van der Waals surface area contributed by atoms with E-state index < -0.39 is 0 Å². The maximum Gasteiger partial charge on any atom is 0.193 e. The molecule has 0 aromatic heterocycles. The average molecular weight is 315 g/mol. The third-order valence-electron chi connectivity index (χ3n) is 5.31. The fourth-order valence-corrected chi connectivity index (χ4v) is 3.85. The summed E-state index contributed by atoms with van der Waals surface area (Å²) in [5.74, 6) is 1.04. The lowest BCUT2D eigenvalue weighted by Gasteiger charge is -2.25. The molecule has 1 aromatic rings. The number of benzene rings is 1. The van der Waals surface area contributed by atoms with Gasteiger partial charge in [-0.2, -0.15) is 0 Å². The van der Waals surface area contributed by atoms with Gasteiger partial charge in [0, 0.05) is 38.7 Å². The van der Waals surface area contributed by atoms with Crippen LogP contribution in [0.15, 0.2) is 23.2 Å². The second kappa shape index (κ2) is 6.91. The van der Waals surface area contributed by atoms with E-state index in [0.29, 0.717) is 5.41 Å². The van der Waals surface area contributed by atoms with Gasteiger partial charge in [-0.05, 0) is 44.2 Å². The molecule has 4 nitrogen and oxygen atoms in total. The van der Waals surface area contributed by atoms with Crippen LogP contribution in [-0.4, -0.2) is 50.8 Å². The summed E-state index contributed by atoms with van der Waals surface area (Å²) in [6.07, 6.45) is 3.46. The lowest BCUT2D eigenvalue weighted by atomic mass is 9.87. The van der Waals surface area contributed by atoms with Crippen LogP contribution in [0.5, 0.6) is 0 Å². The largest absolute Gasteiger partial charge is 0.381 e. The number of ether oxygens (including phenoxy) is 1. The molecule has 3 rings (SSSR count). The first-order valence-electron chi connectivity index (χ1n) is 8.71. The summed E-state index contributed by atoms with van der Waals surface area (Å²) < 4.78 is 5.62. The highest BCUT2D eigenvalue weighted by atomic mass is 16.5. The monoisotopic (exact) mass is 315 g/mol. The molecule has 0 aliphatic carbocycles. The molecule has 1 N–H and O–H groups in total. The highest BCUT2D eigenvalue weighted by Crippen LogP contribution is 2.38. The first-order chi connectivity index (χ1) is 11.1. The summed E-state index contributed by atoms with van der Waals surface area (Å²) in [6, 6.07) is 6.70. The fourth-order valence-electron chi connectivity index (χ4n) is 3.85. The van der Waals surface area contributed by atoms with Crippen LogP contribution in [0.2, 0.25) is 0 Å². The van der Waals surface area contributed by atoms with E-state index in [1.807, 2.05) is 7.05 Å². The van der Waals surface area contributed by atoms with Gasteiger partial charge in [-0.1, -0.05) is 23.8 Å². The normalized spacial score (nSPS) is 24.7. The number of rotatable bonds is 3. The molecule has 2 fully saturated rings. The zero-order valence-electron chi connectivity index (χ0n) is 14.7. The molecule has 2 heterocycles. The molecule has 0 amide bonds. The Balaban J connectivity index is 1.52. The van der Waals surface area contributed by atoms with Crippen LogP contribution >= 0.6 is 0 Å². The van der Waals surface area contributed by atoms with Crippen molar-refractivity contribution in [3.8, 4) is 0 Å². The second-order valence-electron chi connectivity index (χ2n) is 7.13. The summed E-state index contributed by atoms with van der Waals surface area (Å²) in [5, 5.41) is 3.54. The lowest BCUT2D eigenvalue weighted by molar-refractivity contribution is 0.156. The molecule has 23 heavy (non-hydrogen) atoms. The molecule has 1 aromatic carbocycles. The van der Waals surface area contributed by atoms with Gasteiger partial charge in [-0.3, -0.25) is 4.99 Å². The highest BCUT2D eigenvalue weighted by Gasteiger charge is 2.42. The van der Waals surface area contributed by atoms with Crippen LogP contribution < -0.4 is 5.32 Å². The molecular weight excluding hydrogens is 286 g/mol. The predicted molar refractivity (Wildman–Crippen MR) is 95.0 cm³/mol. The molecule has 126 valence electrons. The number of aryl methyl sites for hydroxylation is 2. The Kier molecular flexibility index (Phi) is 4.90. The van der Waals surface area contributed by atoms with Gasteiger partial charge in [-0.15, -0.1) is 0 Å². The minimum Gasteiger partial charge on any atom is -0.381 e. The number of hydrogen-bond donors (Lipinski definition) is 1. The van der Waals surface area contributed by atoms with Crippen molar-refractivity contribution in [2.24, 2.45) is 10.4 Å². The van der Waals surface area contributed by atoms with Crippen molar-refractivity contribution < 1.29 is 4.74 Å². The third-order valence-corrected chi connectivity index (χ3v) is 5.31. The number of likely N-dealkylation sites (tertiary alicyclic amines) is 1. The van der Waals surface area contributed by atoms with E-state index in [1.54, 1.807) is 0 Å². The SMILES string of the molecule is CN=C(NCCc1ccc(C)cc1C)N1CCC2(CCOC2)C1. The highest BCUT2D eigenvalue weighted by molar-refractivity contribution is 5.80. The topological polar surface area (TPSA) is 36.9 Å². The lowest BCUT2D eigenvalue weighted by Crippen LogP contribution is -2.42. The van der Waals surface area contributed by atoms with Gasteiger partial charge < -0.3 is 15.0 Å². The first-order valence-corrected chi connectivity index (χ1v) is 8.71. The molecule has 2 aliphatic rings. The molecule has 0 radical (unpaired) electrons.